The minimum absolute atomic E-state index is 0.157. The Morgan fingerprint density at radius 2 is 1.85 bits per heavy atom. The van der Waals surface area contributed by atoms with Crippen molar-refractivity contribution in [3.05, 3.63) is 59.9 Å². The van der Waals surface area contributed by atoms with Gasteiger partial charge in [0.1, 0.15) is 18.0 Å². The first-order chi connectivity index (χ1) is 13.0. The van der Waals surface area contributed by atoms with Crippen molar-refractivity contribution in [3.8, 4) is 5.69 Å². The standard InChI is InChI=1S/C19H21F2N5O/c1-12(10-27-3)23-17-5-4-6-18(13(17)2)24-19-22-11-26(25-19)16-8-14(20)7-15(21)9-16/h4-9,11-12,23H,10H2,1-3H3,(H,24,25). The number of methoxy groups -OCH3 is 1. The number of nitrogens with zero attached hydrogens (tertiary/aromatic N) is 3. The maximum absolute atomic E-state index is 13.4. The Labute approximate surface area is 156 Å². The van der Waals surface area contributed by atoms with E-state index in [1.165, 1.54) is 23.1 Å². The van der Waals surface area contributed by atoms with Crippen LogP contribution >= 0.6 is 0 Å². The van der Waals surface area contributed by atoms with Crippen LogP contribution in [-0.4, -0.2) is 34.5 Å². The quantitative estimate of drug-likeness (QED) is 0.654. The molecule has 0 aliphatic heterocycles. The molecule has 0 radical (unpaired) electrons. The molecule has 142 valence electrons. The molecule has 3 aromatic rings. The summed E-state index contributed by atoms with van der Waals surface area (Å²) in [5.74, 6) is -1.02. The highest BCUT2D eigenvalue weighted by atomic mass is 19.1. The molecule has 1 atom stereocenters. The number of rotatable bonds is 7. The Morgan fingerprint density at radius 1 is 1.15 bits per heavy atom. The molecule has 2 N–H and O–H groups in total. The predicted molar refractivity (Wildman–Crippen MR) is 101 cm³/mol. The average Bonchev–Trinajstić information content (AvgIpc) is 3.06. The first kappa shape index (κ1) is 18.8. The maximum atomic E-state index is 13.4. The molecule has 0 aliphatic rings. The Morgan fingerprint density at radius 3 is 2.56 bits per heavy atom. The number of hydrogen-bond donors (Lipinski definition) is 2. The van der Waals surface area contributed by atoms with Gasteiger partial charge in [-0.1, -0.05) is 6.07 Å². The van der Waals surface area contributed by atoms with Crippen molar-refractivity contribution in [3.63, 3.8) is 0 Å². The second-order valence-electron chi connectivity index (χ2n) is 6.24. The summed E-state index contributed by atoms with van der Waals surface area (Å²) in [7, 11) is 1.66. The van der Waals surface area contributed by atoms with Crippen LogP contribution in [0.2, 0.25) is 0 Å². The van der Waals surface area contributed by atoms with Crippen molar-refractivity contribution in [2.45, 2.75) is 19.9 Å². The Balaban J connectivity index is 1.79. The van der Waals surface area contributed by atoms with Gasteiger partial charge in [-0.3, -0.25) is 0 Å². The van der Waals surface area contributed by atoms with Gasteiger partial charge in [0.05, 0.1) is 12.3 Å². The maximum Gasteiger partial charge on any atom is 0.246 e. The fourth-order valence-corrected chi connectivity index (χ4v) is 2.72. The molecule has 1 aromatic heterocycles. The predicted octanol–water partition coefficient (Wildman–Crippen LogP) is 4.04. The summed E-state index contributed by atoms with van der Waals surface area (Å²) >= 11 is 0. The molecule has 27 heavy (non-hydrogen) atoms. The molecule has 1 unspecified atom stereocenters. The van der Waals surface area contributed by atoms with Gasteiger partial charge in [-0.05, 0) is 43.7 Å². The zero-order chi connectivity index (χ0) is 19.4. The van der Waals surface area contributed by atoms with Gasteiger partial charge in [0, 0.05) is 30.6 Å². The van der Waals surface area contributed by atoms with Crippen molar-refractivity contribution < 1.29 is 13.5 Å². The van der Waals surface area contributed by atoms with Crippen LogP contribution in [0.4, 0.5) is 26.1 Å². The fraction of sp³-hybridized carbons (Fsp3) is 0.263. The second kappa shape index (κ2) is 8.13. The first-order valence-corrected chi connectivity index (χ1v) is 8.46. The van der Waals surface area contributed by atoms with Crippen LogP contribution < -0.4 is 10.6 Å². The third kappa shape index (κ3) is 4.59. The molecular formula is C19H21F2N5O. The van der Waals surface area contributed by atoms with Crippen LogP contribution in [0, 0.1) is 18.6 Å². The average molecular weight is 373 g/mol. The van der Waals surface area contributed by atoms with Crippen molar-refractivity contribution in [2.75, 3.05) is 24.4 Å². The summed E-state index contributed by atoms with van der Waals surface area (Å²) in [6.45, 7) is 4.60. The minimum Gasteiger partial charge on any atom is -0.383 e. The van der Waals surface area contributed by atoms with Crippen LogP contribution in [0.5, 0.6) is 0 Å². The summed E-state index contributed by atoms with van der Waals surface area (Å²) in [4.78, 5) is 4.16. The highest BCUT2D eigenvalue weighted by Gasteiger charge is 2.10. The number of ether oxygens (including phenoxy) is 1. The third-order valence-corrected chi connectivity index (χ3v) is 4.00. The largest absolute Gasteiger partial charge is 0.383 e. The normalized spacial score (nSPS) is 12.0. The van der Waals surface area contributed by atoms with E-state index in [1.54, 1.807) is 7.11 Å². The summed E-state index contributed by atoms with van der Waals surface area (Å²) in [5, 5.41) is 10.8. The minimum atomic E-state index is -0.671. The highest BCUT2D eigenvalue weighted by molar-refractivity contribution is 5.68. The molecule has 0 saturated heterocycles. The summed E-state index contributed by atoms with van der Waals surface area (Å²) in [6.07, 6.45) is 1.40. The van der Waals surface area contributed by atoms with Gasteiger partial charge in [-0.15, -0.1) is 5.10 Å². The Hall–Kier alpha value is -3.00. The smallest absolute Gasteiger partial charge is 0.246 e. The first-order valence-electron chi connectivity index (χ1n) is 8.46. The van der Waals surface area contributed by atoms with Crippen molar-refractivity contribution in [2.24, 2.45) is 0 Å². The molecule has 0 aliphatic carbocycles. The lowest BCUT2D eigenvalue weighted by molar-refractivity contribution is 0.190. The van der Waals surface area contributed by atoms with E-state index >= 15 is 0 Å². The Bertz CT molecular complexity index is 908. The van der Waals surface area contributed by atoms with Crippen LogP contribution in [0.15, 0.2) is 42.7 Å². The Kier molecular flexibility index (Phi) is 5.66. The molecule has 0 bridgehead atoms. The monoisotopic (exact) mass is 373 g/mol. The number of benzene rings is 2. The van der Waals surface area contributed by atoms with Crippen molar-refractivity contribution in [1.82, 2.24) is 14.8 Å². The molecule has 8 heteroatoms. The molecule has 0 amide bonds. The number of anilines is 3. The van der Waals surface area contributed by atoms with Gasteiger partial charge in [0.15, 0.2) is 0 Å². The van der Waals surface area contributed by atoms with Gasteiger partial charge >= 0.3 is 0 Å². The number of halogens is 2. The van der Waals surface area contributed by atoms with Gasteiger partial charge in [0.25, 0.3) is 0 Å². The van der Waals surface area contributed by atoms with E-state index in [9.17, 15) is 8.78 Å². The molecule has 6 nitrogen and oxygen atoms in total. The third-order valence-electron chi connectivity index (χ3n) is 4.00. The van der Waals surface area contributed by atoms with E-state index in [0.29, 0.717) is 12.6 Å². The van der Waals surface area contributed by atoms with Gasteiger partial charge < -0.3 is 15.4 Å². The highest BCUT2D eigenvalue weighted by Crippen LogP contribution is 2.26. The van der Waals surface area contributed by atoms with Crippen molar-refractivity contribution >= 4 is 17.3 Å². The van der Waals surface area contributed by atoms with E-state index in [0.717, 1.165) is 23.0 Å². The molecule has 0 spiro atoms. The summed E-state index contributed by atoms with van der Waals surface area (Å²) in [6, 6.07) is 9.15. The van der Waals surface area contributed by atoms with E-state index in [-0.39, 0.29) is 11.7 Å². The van der Waals surface area contributed by atoms with Crippen LogP contribution in [0.1, 0.15) is 12.5 Å². The van der Waals surface area contributed by atoms with Crippen LogP contribution in [0.25, 0.3) is 5.69 Å². The lowest BCUT2D eigenvalue weighted by atomic mass is 10.1. The molecule has 2 aromatic carbocycles. The van der Waals surface area contributed by atoms with Crippen LogP contribution in [0.3, 0.4) is 0 Å². The summed E-state index contributed by atoms with van der Waals surface area (Å²) in [5.41, 5.74) is 3.05. The lowest BCUT2D eigenvalue weighted by Gasteiger charge is -2.18. The zero-order valence-electron chi connectivity index (χ0n) is 15.3. The molecular weight excluding hydrogens is 352 g/mol. The fourth-order valence-electron chi connectivity index (χ4n) is 2.72. The van der Waals surface area contributed by atoms with Crippen molar-refractivity contribution in [1.29, 1.82) is 0 Å². The SMILES string of the molecule is COCC(C)Nc1cccc(Nc2ncn(-c3cc(F)cc(F)c3)n2)c1C. The van der Waals surface area contributed by atoms with Gasteiger partial charge in [-0.25, -0.2) is 13.5 Å². The molecule has 3 rings (SSSR count). The van der Waals surface area contributed by atoms with Gasteiger partial charge in [0.2, 0.25) is 5.95 Å². The topological polar surface area (TPSA) is 64.0 Å². The van der Waals surface area contributed by atoms with E-state index < -0.39 is 11.6 Å². The van der Waals surface area contributed by atoms with Gasteiger partial charge in [-0.2, -0.15) is 4.98 Å². The number of aromatic nitrogens is 3. The second-order valence-corrected chi connectivity index (χ2v) is 6.24. The molecule has 1 heterocycles. The van der Waals surface area contributed by atoms with E-state index in [4.69, 9.17) is 4.74 Å². The zero-order valence-corrected chi connectivity index (χ0v) is 15.3. The molecule has 0 fully saturated rings. The van der Waals surface area contributed by atoms with Crippen LogP contribution in [-0.2, 0) is 4.74 Å². The molecule has 0 saturated carbocycles. The lowest BCUT2D eigenvalue weighted by Crippen LogP contribution is -2.21. The summed E-state index contributed by atoms with van der Waals surface area (Å²) < 4.78 is 33.2. The number of hydrogen-bond acceptors (Lipinski definition) is 5. The van der Waals surface area contributed by atoms with E-state index in [1.807, 2.05) is 32.0 Å². The number of nitrogens with one attached hydrogen (secondary N) is 2. The van der Waals surface area contributed by atoms with E-state index in [2.05, 4.69) is 20.7 Å².